The molecule has 0 saturated carbocycles. The molecule has 9 heteroatoms. The lowest BCUT2D eigenvalue weighted by Crippen LogP contribution is -2.22. The SMILES string of the molecule is CCNC(=O)c1sc(NCCc2ncon2)c(C#N)c1N. The fourth-order valence-electron chi connectivity index (χ4n) is 1.68. The van der Waals surface area contributed by atoms with Crippen molar-refractivity contribution in [2.45, 2.75) is 13.3 Å². The Bertz CT molecular complexity index is 658. The number of amides is 1. The lowest BCUT2D eigenvalue weighted by atomic mass is 10.2. The van der Waals surface area contributed by atoms with Crippen LogP contribution >= 0.6 is 11.3 Å². The van der Waals surface area contributed by atoms with Crippen LogP contribution in [0, 0.1) is 11.3 Å². The fraction of sp³-hybridized carbons (Fsp3) is 0.333. The first-order valence-electron chi connectivity index (χ1n) is 6.27. The van der Waals surface area contributed by atoms with E-state index in [2.05, 4.69) is 25.3 Å². The van der Waals surface area contributed by atoms with Gasteiger partial charge in [-0.3, -0.25) is 4.79 Å². The normalized spacial score (nSPS) is 10.1. The molecule has 0 unspecified atom stereocenters. The van der Waals surface area contributed by atoms with Gasteiger partial charge in [0.15, 0.2) is 5.82 Å². The van der Waals surface area contributed by atoms with Crippen LogP contribution in [0.1, 0.15) is 28.0 Å². The molecule has 0 spiro atoms. The van der Waals surface area contributed by atoms with Crippen molar-refractivity contribution in [2.75, 3.05) is 24.1 Å². The Hall–Kier alpha value is -2.60. The summed E-state index contributed by atoms with van der Waals surface area (Å²) in [5, 5.41) is 19.2. The summed E-state index contributed by atoms with van der Waals surface area (Å²) in [6.45, 7) is 2.82. The van der Waals surface area contributed by atoms with Crippen molar-refractivity contribution in [3.63, 3.8) is 0 Å². The van der Waals surface area contributed by atoms with Gasteiger partial charge in [-0.2, -0.15) is 10.2 Å². The summed E-state index contributed by atoms with van der Waals surface area (Å²) in [4.78, 5) is 16.1. The number of nitrogens with zero attached hydrogens (tertiary/aromatic N) is 3. The Labute approximate surface area is 124 Å². The van der Waals surface area contributed by atoms with Crippen molar-refractivity contribution in [2.24, 2.45) is 0 Å². The molecule has 0 aliphatic heterocycles. The third-order valence-electron chi connectivity index (χ3n) is 2.64. The van der Waals surface area contributed by atoms with E-state index < -0.39 is 0 Å². The van der Waals surface area contributed by atoms with Crippen LogP contribution in [0.25, 0.3) is 0 Å². The van der Waals surface area contributed by atoms with Crippen molar-refractivity contribution in [3.05, 3.63) is 22.7 Å². The van der Waals surface area contributed by atoms with Crippen LogP contribution in [0.15, 0.2) is 10.9 Å². The zero-order valence-electron chi connectivity index (χ0n) is 11.3. The zero-order valence-corrected chi connectivity index (χ0v) is 12.2. The van der Waals surface area contributed by atoms with Gasteiger partial charge in [0.25, 0.3) is 5.91 Å². The number of aromatic nitrogens is 2. The van der Waals surface area contributed by atoms with Gasteiger partial charge in [-0.15, -0.1) is 11.3 Å². The second-order valence-electron chi connectivity index (χ2n) is 4.04. The third-order valence-corrected chi connectivity index (χ3v) is 3.80. The van der Waals surface area contributed by atoms with E-state index in [1.165, 1.54) is 6.39 Å². The first-order chi connectivity index (χ1) is 10.2. The van der Waals surface area contributed by atoms with Gasteiger partial charge in [-0.05, 0) is 6.92 Å². The molecule has 2 heterocycles. The quantitative estimate of drug-likeness (QED) is 0.725. The van der Waals surface area contributed by atoms with Crippen LogP contribution in [0.5, 0.6) is 0 Å². The van der Waals surface area contributed by atoms with Crippen LogP contribution in [0.4, 0.5) is 10.7 Å². The second-order valence-corrected chi connectivity index (χ2v) is 5.07. The first-order valence-corrected chi connectivity index (χ1v) is 7.08. The van der Waals surface area contributed by atoms with Gasteiger partial charge in [0, 0.05) is 19.5 Å². The predicted octanol–water partition coefficient (Wildman–Crippen LogP) is 0.989. The molecular formula is C12H14N6O2S. The van der Waals surface area contributed by atoms with Crippen molar-refractivity contribution < 1.29 is 9.32 Å². The minimum Gasteiger partial charge on any atom is -0.396 e. The standard InChI is InChI=1S/C12H14N6O2S/c1-2-15-11(19)10-9(14)7(5-13)12(21-10)16-4-3-8-17-6-20-18-8/h6,16H,2-4,14H2,1H3,(H,15,19). The average molecular weight is 306 g/mol. The first kappa shape index (κ1) is 14.8. The molecule has 2 aromatic heterocycles. The number of carbonyl (C=O) groups excluding carboxylic acids is 1. The molecule has 110 valence electrons. The lowest BCUT2D eigenvalue weighted by molar-refractivity contribution is 0.0960. The Balaban J connectivity index is 2.10. The van der Waals surface area contributed by atoms with Gasteiger partial charge in [0.05, 0.1) is 5.69 Å². The molecule has 21 heavy (non-hydrogen) atoms. The number of nitrogen functional groups attached to an aromatic ring is 1. The maximum atomic E-state index is 11.9. The van der Waals surface area contributed by atoms with Gasteiger partial charge in [-0.25, -0.2) is 0 Å². The van der Waals surface area contributed by atoms with Crippen molar-refractivity contribution in [1.29, 1.82) is 5.26 Å². The van der Waals surface area contributed by atoms with Crippen molar-refractivity contribution in [1.82, 2.24) is 15.5 Å². The third kappa shape index (κ3) is 3.29. The van der Waals surface area contributed by atoms with Gasteiger partial charge >= 0.3 is 0 Å². The van der Waals surface area contributed by atoms with E-state index in [1.54, 1.807) is 0 Å². The van der Waals surface area contributed by atoms with E-state index >= 15 is 0 Å². The Morgan fingerprint density at radius 2 is 2.43 bits per heavy atom. The highest BCUT2D eigenvalue weighted by atomic mass is 32.1. The molecule has 0 aromatic carbocycles. The monoisotopic (exact) mass is 306 g/mol. The number of nitriles is 1. The summed E-state index contributed by atoms with van der Waals surface area (Å²) >= 11 is 1.16. The second kappa shape index (κ2) is 6.71. The number of thiophene rings is 1. The van der Waals surface area contributed by atoms with Crippen LogP contribution in [0.3, 0.4) is 0 Å². The summed E-state index contributed by atoms with van der Waals surface area (Å²) < 4.78 is 4.63. The van der Waals surface area contributed by atoms with Gasteiger partial charge in [-0.1, -0.05) is 5.16 Å². The van der Waals surface area contributed by atoms with Gasteiger partial charge in [0.2, 0.25) is 6.39 Å². The molecular weight excluding hydrogens is 292 g/mol. The lowest BCUT2D eigenvalue weighted by Gasteiger charge is -2.01. The molecule has 0 atom stereocenters. The van der Waals surface area contributed by atoms with Gasteiger partial charge in [0.1, 0.15) is 21.5 Å². The minimum atomic E-state index is -0.275. The molecule has 0 aliphatic carbocycles. The molecule has 4 N–H and O–H groups in total. The summed E-state index contributed by atoms with van der Waals surface area (Å²) in [6, 6.07) is 2.02. The smallest absolute Gasteiger partial charge is 0.263 e. The van der Waals surface area contributed by atoms with E-state index in [0.717, 1.165) is 11.3 Å². The fourth-order valence-corrected chi connectivity index (χ4v) is 2.69. The molecule has 0 radical (unpaired) electrons. The van der Waals surface area contributed by atoms with Crippen LogP contribution in [0.2, 0.25) is 0 Å². The largest absolute Gasteiger partial charge is 0.396 e. The zero-order chi connectivity index (χ0) is 15.2. The molecule has 0 bridgehead atoms. The van der Waals surface area contributed by atoms with E-state index in [9.17, 15) is 10.1 Å². The number of hydrogen-bond acceptors (Lipinski definition) is 8. The van der Waals surface area contributed by atoms with E-state index in [0.29, 0.717) is 35.2 Å². The van der Waals surface area contributed by atoms with Crippen LogP contribution in [-0.4, -0.2) is 29.1 Å². The highest BCUT2D eigenvalue weighted by Crippen LogP contribution is 2.34. The summed E-state index contributed by atoms with van der Waals surface area (Å²) in [5.74, 6) is 0.289. The number of nitrogens with one attached hydrogen (secondary N) is 2. The Morgan fingerprint density at radius 1 is 1.62 bits per heavy atom. The Kier molecular flexibility index (Phi) is 4.73. The molecule has 0 saturated heterocycles. The topological polar surface area (TPSA) is 130 Å². The molecule has 0 fully saturated rings. The van der Waals surface area contributed by atoms with Crippen molar-refractivity contribution >= 4 is 27.9 Å². The number of nitrogens with two attached hydrogens (primary N) is 1. The van der Waals surface area contributed by atoms with E-state index in [-0.39, 0.29) is 17.2 Å². The van der Waals surface area contributed by atoms with Crippen LogP contribution < -0.4 is 16.4 Å². The summed E-state index contributed by atoms with van der Waals surface area (Å²) in [6.07, 6.45) is 1.79. The highest BCUT2D eigenvalue weighted by molar-refractivity contribution is 7.18. The average Bonchev–Trinajstić information content (AvgIpc) is 3.07. The predicted molar refractivity (Wildman–Crippen MR) is 77.9 cm³/mol. The molecule has 8 nitrogen and oxygen atoms in total. The number of anilines is 2. The number of rotatable bonds is 6. The molecule has 2 aromatic rings. The summed E-state index contributed by atoms with van der Waals surface area (Å²) in [7, 11) is 0. The van der Waals surface area contributed by atoms with E-state index in [1.807, 2.05) is 13.0 Å². The van der Waals surface area contributed by atoms with Crippen LogP contribution in [-0.2, 0) is 6.42 Å². The molecule has 1 amide bonds. The summed E-state index contributed by atoms with van der Waals surface area (Å²) in [5.41, 5.74) is 6.35. The molecule has 0 aliphatic rings. The van der Waals surface area contributed by atoms with Crippen molar-refractivity contribution in [3.8, 4) is 6.07 Å². The number of hydrogen-bond donors (Lipinski definition) is 3. The molecule has 2 rings (SSSR count). The maximum Gasteiger partial charge on any atom is 0.263 e. The number of carbonyl (C=O) groups is 1. The maximum absolute atomic E-state index is 11.9. The Morgan fingerprint density at radius 3 is 3.05 bits per heavy atom. The minimum absolute atomic E-state index is 0.204. The van der Waals surface area contributed by atoms with E-state index in [4.69, 9.17) is 5.73 Å². The highest BCUT2D eigenvalue weighted by Gasteiger charge is 2.20. The van der Waals surface area contributed by atoms with Gasteiger partial charge < -0.3 is 20.9 Å².